The van der Waals surface area contributed by atoms with E-state index in [0.29, 0.717) is 37.8 Å². The molecule has 0 aliphatic heterocycles. The molecule has 2 aromatic rings. The lowest BCUT2D eigenvalue weighted by molar-refractivity contribution is 0.303. The summed E-state index contributed by atoms with van der Waals surface area (Å²) in [6.45, 7) is 5.18. The van der Waals surface area contributed by atoms with Gasteiger partial charge in [-0.3, -0.25) is 0 Å². The van der Waals surface area contributed by atoms with Crippen LogP contribution in [0.25, 0.3) is 0 Å². The number of nitrogens with zero attached hydrogens (tertiary/aromatic N) is 2. The maximum absolute atomic E-state index is 5.66. The third kappa shape index (κ3) is 3.79. The van der Waals surface area contributed by atoms with Gasteiger partial charge >= 0.3 is 0 Å². The Hall–Kier alpha value is -1.88. The molecule has 0 saturated heterocycles. The Bertz CT molecular complexity index is 537. The summed E-state index contributed by atoms with van der Waals surface area (Å²) in [6.07, 6.45) is 1.22. The number of ether oxygens (including phenoxy) is 1. The molecule has 0 aliphatic rings. The van der Waals surface area contributed by atoms with E-state index >= 15 is 0 Å². The molecule has 0 aliphatic carbocycles. The summed E-state index contributed by atoms with van der Waals surface area (Å²) in [5, 5.41) is 7.85. The first kappa shape index (κ1) is 13.5. The normalized spacial score (nSPS) is 10.7. The van der Waals surface area contributed by atoms with E-state index in [4.69, 9.17) is 14.9 Å². The zero-order chi connectivity index (χ0) is 13.7. The monoisotopic (exact) mass is 261 g/mol. The summed E-state index contributed by atoms with van der Waals surface area (Å²) in [4.78, 5) is 0. The van der Waals surface area contributed by atoms with Gasteiger partial charge in [0.25, 0.3) is 0 Å². The molecule has 19 heavy (non-hydrogen) atoms. The predicted molar refractivity (Wildman–Crippen MR) is 72.2 cm³/mol. The van der Waals surface area contributed by atoms with Crippen molar-refractivity contribution in [2.24, 2.45) is 5.73 Å². The Balaban J connectivity index is 1.83. The first-order chi connectivity index (χ1) is 9.19. The third-order valence-electron chi connectivity index (χ3n) is 2.93. The number of aryl methyl sites for hydroxylation is 2. The highest BCUT2D eigenvalue weighted by atomic mass is 16.5. The van der Waals surface area contributed by atoms with Crippen LogP contribution >= 0.6 is 0 Å². The van der Waals surface area contributed by atoms with Gasteiger partial charge in [-0.15, -0.1) is 10.2 Å². The van der Waals surface area contributed by atoms with Crippen LogP contribution < -0.4 is 10.5 Å². The lowest BCUT2D eigenvalue weighted by Crippen LogP contribution is -2.02. The van der Waals surface area contributed by atoms with E-state index in [2.05, 4.69) is 30.1 Å². The Kier molecular flexibility index (Phi) is 4.52. The van der Waals surface area contributed by atoms with Crippen LogP contribution in [-0.2, 0) is 12.8 Å². The Morgan fingerprint density at radius 2 is 1.84 bits per heavy atom. The first-order valence-corrected chi connectivity index (χ1v) is 6.40. The van der Waals surface area contributed by atoms with E-state index < -0.39 is 0 Å². The maximum atomic E-state index is 5.66. The fourth-order valence-electron chi connectivity index (χ4n) is 1.67. The summed E-state index contributed by atoms with van der Waals surface area (Å²) in [7, 11) is 0. The van der Waals surface area contributed by atoms with Gasteiger partial charge < -0.3 is 14.9 Å². The van der Waals surface area contributed by atoms with Gasteiger partial charge in [0.1, 0.15) is 5.75 Å². The molecular formula is C14H19N3O2. The van der Waals surface area contributed by atoms with Crippen molar-refractivity contribution in [1.82, 2.24) is 10.2 Å². The molecule has 2 N–H and O–H groups in total. The standard InChI is InChI=1S/C14H19N3O2/c1-10-3-4-12(9-11(10)2)18-8-6-14-17-16-13(19-14)5-7-15/h3-4,9H,5-8,15H2,1-2H3. The van der Waals surface area contributed by atoms with E-state index in [-0.39, 0.29) is 0 Å². The van der Waals surface area contributed by atoms with Crippen molar-refractivity contribution in [3.63, 3.8) is 0 Å². The Labute approximate surface area is 112 Å². The lowest BCUT2D eigenvalue weighted by atomic mass is 10.1. The lowest BCUT2D eigenvalue weighted by Gasteiger charge is -2.06. The van der Waals surface area contributed by atoms with Crippen molar-refractivity contribution in [3.8, 4) is 5.75 Å². The van der Waals surface area contributed by atoms with Crippen LogP contribution in [0.4, 0.5) is 0 Å². The number of hydrogen-bond donors (Lipinski definition) is 1. The summed E-state index contributed by atoms with van der Waals surface area (Å²) in [5.41, 5.74) is 7.90. The van der Waals surface area contributed by atoms with E-state index in [1.54, 1.807) is 0 Å². The number of benzene rings is 1. The molecule has 0 radical (unpaired) electrons. The molecule has 0 bridgehead atoms. The number of aromatic nitrogens is 2. The summed E-state index contributed by atoms with van der Waals surface area (Å²) >= 11 is 0. The van der Waals surface area contributed by atoms with Crippen LogP contribution in [0.2, 0.25) is 0 Å². The van der Waals surface area contributed by atoms with Crippen LogP contribution in [0, 0.1) is 13.8 Å². The van der Waals surface area contributed by atoms with Gasteiger partial charge in [-0.1, -0.05) is 6.07 Å². The second-order valence-corrected chi connectivity index (χ2v) is 4.47. The number of hydrogen-bond acceptors (Lipinski definition) is 5. The molecule has 1 aromatic carbocycles. The second-order valence-electron chi connectivity index (χ2n) is 4.47. The van der Waals surface area contributed by atoms with Crippen molar-refractivity contribution in [3.05, 3.63) is 41.1 Å². The van der Waals surface area contributed by atoms with E-state index in [0.717, 1.165) is 5.75 Å². The number of rotatable bonds is 6. The van der Waals surface area contributed by atoms with Crippen LogP contribution in [0.1, 0.15) is 22.9 Å². The molecule has 5 heteroatoms. The zero-order valence-electron chi connectivity index (χ0n) is 11.3. The highest BCUT2D eigenvalue weighted by molar-refractivity contribution is 5.33. The van der Waals surface area contributed by atoms with Crippen molar-refractivity contribution in [2.45, 2.75) is 26.7 Å². The van der Waals surface area contributed by atoms with Crippen molar-refractivity contribution in [1.29, 1.82) is 0 Å². The maximum Gasteiger partial charge on any atom is 0.219 e. The molecule has 102 valence electrons. The minimum absolute atomic E-state index is 0.515. The molecule has 0 spiro atoms. The highest BCUT2D eigenvalue weighted by Gasteiger charge is 2.05. The van der Waals surface area contributed by atoms with Gasteiger partial charge in [0.2, 0.25) is 11.8 Å². The van der Waals surface area contributed by atoms with Crippen molar-refractivity contribution >= 4 is 0 Å². The van der Waals surface area contributed by atoms with Crippen LogP contribution in [0.15, 0.2) is 22.6 Å². The quantitative estimate of drug-likeness (QED) is 0.858. The summed E-state index contributed by atoms with van der Waals surface area (Å²) in [6, 6.07) is 6.05. The van der Waals surface area contributed by atoms with Crippen LogP contribution in [-0.4, -0.2) is 23.3 Å². The number of nitrogens with two attached hydrogens (primary N) is 1. The highest BCUT2D eigenvalue weighted by Crippen LogP contribution is 2.16. The largest absolute Gasteiger partial charge is 0.493 e. The second kappa shape index (κ2) is 6.33. The zero-order valence-corrected chi connectivity index (χ0v) is 11.3. The summed E-state index contributed by atoms with van der Waals surface area (Å²) in [5.74, 6) is 2.04. The molecule has 0 fully saturated rings. The average Bonchev–Trinajstić information content (AvgIpc) is 2.82. The fraction of sp³-hybridized carbons (Fsp3) is 0.429. The fourth-order valence-corrected chi connectivity index (χ4v) is 1.67. The minimum atomic E-state index is 0.515. The molecule has 2 rings (SSSR count). The van der Waals surface area contributed by atoms with Crippen LogP contribution in [0.5, 0.6) is 5.75 Å². The van der Waals surface area contributed by atoms with Gasteiger partial charge in [-0.25, -0.2) is 0 Å². The van der Waals surface area contributed by atoms with Gasteiger partial charge in [-0.2, -0.15) is 0 Å². The van der Waals surface area contributed by atoms with E-state index in [9.17, 15) is 0 Å². The van der Waals surface area contributed by atoms with Gasteiger partial charge in [0, 0.05) is 13.0 Å². The molecule has 5 nitrogen and oxygen atoms in total. The average molecular weight is 261 g/mol. The Morgan fingerprint density at radius 3 is 2.53 bits per heavy atom. The minimum Gasteiger partial charge on any atom is -0.493 e. The molecule has 0 unspecified atom stereocenters. The predicted octanol–water partition coefficient (Wildman–Crippen LogP) is 1.81. The molecular weight excluding hydrogens is 242 g/mol. The van der Waals surface area contributed by atoms with E-state index in [1.165, 1.54) is 11.1 Å². The van der Waals surface area contributed by atoms with Gasteiger partial charge in [-0.05, 0) is 37.1 Å². The molecule has 0 atom stereocenters. The van der Waals surface area contributed by atoms with Gasteiger partial charge in [0.15, 0.2) is 0 Å². The van der Waals surface area contributed by atoms with E-state index in [1.807, 2.05) is 12.1 Å². The Morgan fingerprint density at radius 1 is 1.11 bits per heavy atom. The molecule has 0 saturated carbocycles. The smallest absolute Gasteiger partial charge is 0.219 e. The molecule has 1 aromatic heterocycles. The molecule has 1 heterocycles. The van der Waals surface area contributed by atoms with Crippen molar-refractivity contribution < 1.29 is 9.15 Å². The van der Waals surface area contributed by atoms with Crippen molar-refractivity contribution in [2.75, 3.05) is 13.2 Å². The van der Waals surface area contributed by atoms with Gasteiger partial charge in [0.05, 0.1) is 13.0 Å². The summed E-state index contributed by atoms with van der Waals surface area (Å²) < 4.78 is 11.1. The third-order valence-corrected chi connectivity index (χ3v) is 2.93. The van der Waals surface area contributed by atoms with Crippen LogP contribution in [0.3, 0.4) is 0 Å². The SMILES string of the molecule is Cc1ccc(OCCc2nnc(CCN)o2)cc1C. The first-order valence-electron chi connectivity index (χ1n) is 6.40. The molecule has 0 amide bonds. The topological polar surface area (TPSA) is 74.2 Å².